The Labute approximate surface area is 222 Å². The topological polar surface area (TPSA) is 137 Å². The van der Waals surface area contributed by atoms with Gasteiger partial charge in [0.2, 0.25) is 5.91 Å². The van der Waals surface area contributed by atoms with Crippen LogP contribution in [0.25, 0.3) is 0 Å². The molecule has 1 atom stereocenters. The molecule has 12 nitrogen and oxygen atoms in total. The van der Waals surface area contributed by atoms with Crippen LogP contribution in [-0.4, -0.2) is 142 Å². The van der Waals surface area contributed by atoms with Crippen LogP contribution in [0.1, 0.15) is 20.3 Å². The van der Waals surface area contributed by atoms with Crippen molar-refractivity contribution in [2.75, 3.05) is 119 Å². The van der Waals surface area contributed by atoms with E-state index in [9.17, 15) is 9.59 Å². The normalized spacial score (nSPS) is 12.5. The first-order valence-electron chi connectivity index (χ1n) is 13.1. The Kier molecular flexibility index (Phi) is 26.9. The Hall–Kier alpha value is -1.22. The summed E-state index contributed by atoms with van der Waals surface area (Å²) in [6.07, 6.45) is 1.24. The number of carbonyl (C=O) groups excluding carboxylic acids is 2. The van der Waals surface area contributed by atoms with E-state index in [1.807, 2.05) is 25.8 Å². The fourth-order valence-corrected chi connectivity index (χ4v) is 3.18. The third-order valence-electron chi connectivity index (χ3n) is 4.97. The Morgan fingerprint density at radius 1 is 0.622 bits per heavy atom. The highest BCUT2D eigenvalue weighted by Crippen LogP contribution is 2.08. The molecule has 0 aliphatic rings. The van der Waals surface area contributed by atoms with Crippen LogP contribution in [0.2, 0.25) is 0 Å². The maximum absolute atomic E-state index is 11.5. The minimum atomic E-state index is -0.313. The van der Waals surface area contributed by atoms with Crippen LogP contribution in [0.5, 0.6) is 0 Å². The van der Waals surface area contributed by atoms with Crippen LogP contribution < -0.4 is 5.73 Å². The predicted octanol–water partition coefficient (Wildman–Crippen LogP) is 0.150. The number of amides is 1. The largest absolute Gasteiger partial charge is 0.379 e. The molecule has 0 saturated carbocycles. The molecular weight excluding hydrogens is 488 g/mol. The fraction of sp³-hybridized carbons (Fsp3) is 0.920. The van der Waals surface area contributed by atoms with Crippen LogP contribution in [-0.2, 0) is 47.5 Å². The Morgan fingerprint density at radius 3 is 1.19 bits per heavy atom. The quantitative estimate of drug-likeness (QED) is 0.0988. The van der Waals surface area contributed by atoms with Crippen molar-refractivity contribution in [3.8, 4) is 0 Å². The molecular formula is C25H50N2O10. The molecule has 1 amide bonds. The maximum Gasteiger partial charge on any atom is 0.235 e. The smallest absolute Gasteiger partial charge is 0.235 e. The van der Waals surface area contributed by atoms with Crippen molar-refractivity contribution in [3.05, 3.63) is 0 Å². The van der Waals surface area contributed by atoms with Crippen molar-refractivity contribution in [1.82, 2.24) is 4.90 Å². The number of nitrogens with two attached hydrogens (primary N) is 1. The summed E-state index contributed by atoms with van der Waals surface area (Å²) in [7, 11) is 1.87. The van der Waals surface area contributed by atoms with Crippen LogP contribution in [0.4, 0.5) is 0 Å². The Balaban J connectivity index is 3.21. The van der Waals surface area contributed by atoms with E-state index < -0.39 is 0 Å². The molecule has 0 spiro atoms. The summed E-state index contributed by atoms with van der Waals surface area (Å²) in [5, 5.41) is 0. The molecule has 12 heteroatoms. The first-order valence-corrected chi connectivity index (χ1v) is 13.1. The zero-order valence-electron chi connectivity index (χ0n) is 23.1. The van der Waals surface area contributed by atoms with Gasteiger partial charge in [0.25, 0.3) is 0 Å². The average molecular weight is 539 g/mol. The molecule has 0 aromatic heterocycles. The van der Waals surface area contributed by atoms with Crippen molar-refractivity contribution in [2.24, 2.45) is 11.7 Å². The van der Waals surface area contributed by atoms with Gasteiger partial charge >= 0.3 is 0 Å². The number of nitrogens with zero attached hydrogens (tertiary/aromatic N) is 1. The van der Waals surface area contributed by atoms with Gasteiger partial charge in [0.1, 0.15) is 6.29 Å². The molecule has 2 N–H and O–H groups in total. The summed E-state index contributed by atoms with van der Waals surface area (Å²) in [4.78, 5) is 23.5. The molecule has 0 aliphatic heterocycles. The molecule has 0 fully saturated rings. The van der Waals surface area contributed by atoms with Crippen molar-refractivity contribution >= 4 is 12.2 Å². The van der Waals surface area contributed by atoms with Gasteiger partial charge in [0.05, 0.1) is 112 Å². The number of rotatable bonds is 30. The number of hydrogen-bond acceptors (Lipinski definition) is 11. The van der Waals surface area contributed by atoms with Gasteiger partial charge in [-0.3, -0.25) is 9.69 Å². The number of likely N-dealkylation sites (N-methyl/N-ethyl adjacent to an activating group) is 1. The lowest BCUT2D eigenvalue weighted by atomic mass is 10.0. The summed E-state index contributed by atoms with van der Waals surface area (Å²) in [6.45, 7) is 12.4. The summed E-state index contributed by atoms with van der Waals surface area (Å²) in [6, 6.07) is -0.289. The Morgan fingerprint density at radius 2 is 0.919 bits per heavy atom. The van der Waals surface area contributed by atoms with E-state index >= 15 is 0 Å². The van der Waals surface area contributed by atoms with Crippen LogP contribution >= 0.6 is 0 Å². The zero-order chi connectivity index (χ0) is 27.4. The molecule has 0 aliphatic carbocycles. The summed E-state index contributed by atoms with van der Waals surface area (Å²) in [5.41, 5.74) is 5.45. The second-order valence-electron chi connectivity index (χ2n) is 8.43. The summed E-state index contributed by atoms with van der Waals surface area (Å²) < 4.78 is 43.2. The van der Waals surface area contributed by atoms with Crippen molar-refractivity contribution in [3.63, 3.8) is 0 Å². The van der Waals surface area contributed by atoms with Gasteiger partial charge in [-0.1, -0.05) is 13.8 Å². The van der Waals surface area contributed by atoms with E-state index in [1.165, 1.54) is 0 Å². The number of primary amides is 1. The van der Waals surface area contributed by atoms with E-state index in [-0.39, 0.29) is 17.9 Å². The highest BCUT2D eigenvalue weighted by molar-refractivity contribution is 5.80. The van der Waals surface area contributed by atoms with Crippen LogP contribution in [0.15, 0.2) is 0 Å². The predicted molar refractivity (Wildman–Crippen MR) is 138 cm³/mol. The van der Waals surface area contributed by atoms with Gasteiger partial charge in [-0.15, -0.1) is 0 Å². The first kappa shape index (κ1) is 35.8. The van der Waals surface area contributed by atoms with Crippen LogP contribution in [0, 0.1) is 5.92 Å². The molecule has 37 heavy (non-hydrogen) atoms. The lowest BCUT2D eigenvalue weighted by Crippen LogP contribution is -2.47. The van der Waals surface area contributed by atoms with Gasteiger partial charge < -0.3 is 48.4 Å². The molecule has 0 aromatic carbocycles. The van der Waals surface area contributed by atoms with E-state index in [1.54, 1.807) is 0 Å². The lowest BCUT2D eigenvalue weighted by molar-refractivity contribution is -0.124. The SMILES string of the molecule is CC(C)C(C(N)=O)N(C)CCOCCOCCOCCOCCOCCOCCOCCOCCC=O. The lowest BCUT2D eigenvalue weighted by Gasteiger charge is -2.28. The first-order chi connectivity index (χ1) is 18.0. The zero-order valence-corrected chi connectivity index (χ0v) is 23.1. The molecule has 0 heterocycles. The standard InChI is InChI=1S/C25H50N2O10/c1-23(2)24(25(26)29)27(3)5-8-31-10-12-33-14-16-35-18-20-37-22-21-36-19-17-34-15-13-32-11-9-30-7-4-6-28/h6,23-24H,4-5,7-22H2,1-3H3,(H2,26,29). The van der Waals surface area contributed by atoms with Gasteiger partial charge in [0.15, 0.2) is 0 Å². The third kappa shape index (κ3) is 24.9. The van der Waals surface area contributed by atoms with Gasteiger partial charge in [-0.2, -0.15) is 0 Å². The minimum Gasteiger partial charge on any atom is -0.379 e. The maximum atomic E-state index is 11.5. The minimum absolute atomic E-state index is 0.158. The molecule has 0 aromatic rings. The Bertz CT molecular complexity index is 514. The number of hydrogen-bond donors (Lipinski definition) is 1. The summed E-state index contributed by atoms with van der Waals surface area (Å²) in [5.74, 6) is -0.155. The van der Waals surface area contributed by atoms with Crippen molar-refractivity contribution in [1.29, 1.82) is 0 Å². The van der Waals surface area contributed by atoms with Crippen molar-refractivity contribution < 1.29 is 47.5 Å². The van der Waals surface area contributed by atoms with Gasteiger partial charge in [-0.25, -0.2) is 0 Å². The van der Waals surface area contributed by atoms with Crippen molar-refractivity contribution in [2.45, 2.75) is 26.3 Å². The average Bonchev–Trinajstić information content (AvgIpc) is 2.85. The van der Waals surface area contributed by atoms with Crippen LogP contribution in [0.3, 0.4) is 0 Å². The van der Waals surface area contributed by atoms with E-state index in [2.05, 4.69) is 0 Å². The highest BCUT2D eigenvalue weighted by Gasteiger charge is 2.23. The third-order valence-corrected chi connectivity index (χ3v) is 4.97. The van der Waals surface area contributed by atoms with Gasteiger partial charge in [0, 0.05) is 13.0 Å². The molecule has 0 saturated heterocycles. The van der Waals surface area contributed by atoms with Gasteiger partial charge in [-0.05, 0) is 13.0 Å². The number of carbonyl (C=O) groups is 2. The monoisotopic (exact) mass is 538 g/mol. The van der Waals surface area contributed by atoms with E-state index in [0.29, 0.717) is 119 Å². The number of ether oxygens (including phenoxy) is 8. The second kappa shape index (κ2) is 27.8. The highest BCUT2D eigenvalue weighted by atomic mass is 16.6. The number of aldehydes is 1. The molecule has 1 unspecified atom stereocenters. The van der Waals surface area contributed by atoms with E-state index in [4.69, 9.17) is 43.6 Å². The molecule has 0 rings (SSSR count). The molecule has 220 valence electrons. The molecule has 0 radical (unpaired) electrons. The summed E-state index contributed by atoms with van der Waals surface area (Å²) >= 11 is 0. The molecule has 0 bridgehead atoms. The fourth-order valence-electron chi connectivity index (χ4n) is 3.18. The van der Waals surface area contributed by atoms with E-state index in [0.717, 1.165) is 6.29 Å². The second-order valence-corrected chi connectivity index (χ2v) is 8.43.